The van der Waals surface area contributed by atoms with Crippen molar-refractivity contribution in [1.29, 1.82) is 0 Å². The van der Waals surface area contributed by atoms with E-state index in [1.807, 2.05) is 60.0 Å². The van der Waals surface area contributed by atoms with Crippen molar-refractivity contribution in [3.05, 3.63) is 112 Å². The molecule has 5 aromatic rings. The molecule has 0 radical (unpaired) electrons. The van der Waals surface area contributed by atoms with Gasteiger partial charge in [-0.05, 0) is 62.6 Å². The van der Waals surface area contributed by atoms with Gasteiger partial charge in [0.05, 0.1) is 33.9 Å². The number of halogens is 1. The zero-order valence-corrected chi connectivity index (χ0v) is 22.2. The number of aromatic carboxylic acids is 1. The second kappa shape index (κ2) is 9.39. The third kappa shape index (κ3) is 4.27. The Balaban J connectivity index is 1.41. The minimum atomic E-state index is -0.940. The summed E-state index contributed by atoms with van der Waals surface area (Å²) in [4.78, 5) is 30.2. The highest BCUT2D eigenvalue weighted by Gasteiger charge is 2.40. The molecule has 1 atom stereocenters. The molecule has 1 aliphatic heterocycles. The summed E-state index contributed by atoms with van der Waals surface area (Å²) in [5.74, 6) is -0.613. The van der Waals surface area contributed by atoms with Crippen LogP contribution in [0.1, 0.15) is 49.8 Å². The number of amides is 1. The summed E-state index contributed by atoms with van der Waals surface area (Å²) >= 11 is 6.61. The number of nitrogens with zero attached hydrogens (tertiary/aromatic N) is 4. The fourth-order valence-electron chi connectivity index (χ4n) is 5.63. The second-order valence-electron chi connectivity index (χ2n) is 10.0. The van der Waals surface area contributed by atoms with Gasteiger partial charge < -0.3 is 15.0 Å². The number of rotatable bonds is 5. The fraction of sp³-hybridized carbons (Fsp3) is 0.200. The van der Waals surface area contributed by atoms with E-state index in [2.05, 4.69) is 15.4 Å². The monoisotopic (exact) mass is 539 g/mol. The van der Waals surface area contributed by atoms with Crippen molar-refractivity contribution in [3.63, 3.8) is 0 Å². The van der Waals surface area contributed by atoms with Gasteiger partial charge in [0.15, 0.2) is 0 Å². The number of carbonyl (C=O) groups excluding carboxylic acids is 1. The fourth-order valence-corrected chi connectivity index (χ4v) is 5.89. The summed E-state index contributed by atoms with van der Waals surface area (Å²) < 4.78 is 3.66. The first-order valence-corrected chi connectivity index (χ1v) is 13.0. The van der Waals surface area contributed by atoms with E-state index in [9.17, 15) is 14.7 Å². The molecule has 39 heavy (non-hydrogen) atoms. The number of benzene rings is 3. The topological polar surface area (TPSA) is 102 Å². The molecule has 8 nitrogen and oxygen atoms in total. The molecule has 3 heterocycles. The number of fused-ring (bicyclic) bond motifs is 3. The number of aryl methyl sites for hydroxylation is 2. The third-order valence-electron chi connectivity index (χ3n) is 7.50. The summed E-state index contributed by atoms with van der Waals surface area (Å²) in [6, 6.07) is 20.9. The van der Waals surface area contributed by atoms with E-state index in [1.165, 1.54) is 0 Å². The first kappa shape index (κ1) is 24.9. The van der Waals surface area contributed by atoms with Crippen LogP contribution in [0.15, 0.2) is 73.1 Å². The van der Waals surface area contributed by atoms with E-state index in [4.69, 9.17) is 11.6 Å². The van der Waals surface area contributed by atoms with E-state index in [-0.39, 0.29) is 5.91 Å². The molecule has 2 aromatic heterocycles. The molecule has 1 aliphatic rings. The Hall–Kier alpha value is -4.43. The van der Waals surface area contributed by atoms with Crippen molar-refractivity contribution in [2.24, 2.45) is 0 Å². The Morgan fingerprint density at radius 1 is 1.05 bits per heavy atom. The number of hydrogen-bond donors (Lipinski definition) is 2. The van der Waals surface area contributed by atoms with Gasteiger partial charge >= 0.3 is 5.97 Å². The molecule has 1 amide bonds. The highest BCUT2D eigenvalue weighted by Crippen LogP contribution is 2.39. The van der Waals surface area contributed by atoms with Gasteiger partial charge in [-0.1, -0.05) is 53.6 Å². The van der Waals surface area contributed by atoms with E-state index in [0.29, 0.717) is 47.0 Å². The van der Waals surface area contributed by atoms with Crippen LogP contribution in [-0.2, 0) is 18.5 Å². The van der Waals surface area contributed by atoms with Crippen LogP contribution in [0.25, 0.3) is 16.6 Å². The predicted octanol–water partition coefficient (Wildman–Crippen LogP) is 5.46. The maximum Gasteiger partial charge on any atom is 0.338 e. The molecule has 9 heteroatoms. The quantitative estimate of drug-likeness (QED) is 0.309. The lowest BCUT2D eigenvalue weighted by molar-refractivity contribution is 0.0693. The highest BCUT2D eigenvalue weighted by atomic mass is 35.5. The first-order chi connectivity index (χ1) is 18.8. The minimum Gasteiger partial charge on any atom is -0.478 e. The van der Waals surface area contributed by atoms with Crippen LogP contribution in [0, 0.1) is 13.8 Å². The zero-order valence-electron chi connectivity index (χ0n) is 21.5. The van der Waals surface area contributed by atoms with Crippen molar-refractivity contribution in [1.82, 2.24) is 24.6 Å². The number of aromatic nitrogens is 4. The van der Waals surface area contributed by atoms with Gasteiger partial charge in [-0.3, -0.25) is 4.79 Å². The second-order valence-corrected chi connectivity index (χ2v) is 10.4. The summed E-state index contributed by atoms with van der Waals surface area (Å²) in [7, 11) is 0. The predicted molar refractivity (Wildman–Crippen MR) is 149 cm³/mol. The van der Waals surface area contributed by atoms with Gasteiger partial charge in [0.1, 0.15) is 12.2 Å². The smallest absolute Gasteiger partial charge is 0.338 e. The molecule has 0 fully saturated rings. The lowest BCUT2D eigenvalue weighted by Crippen LogP contribution is -2.51. The van der Waals surface area contributed by atoms with Crippen molar-refractivity contribution < 1.29 is 14.7 Å². The molecule has 6 rings (SSSR count). The van der Waals surface area contributed by atoms with Crippen LogP contribution in [0.4, 0.5) is 0 Å². The van der Waals surface area contributed by atoms with Crippen molar-refractivity contribution in [3.8, 4) is 5.69 Å². The Morgan fingerprint density at radius 3 is 2.54 bits per heavy atom. The zero-order chi connectivity index (χ0) is 27.3. The van der Waals surface area contributed by atoms with Crippen molar-refractivity contribution >= 4 is 34.4 Å². The molecule has 2 N–H and O–H groups in total. The molecular formula is C30H26ClN5O3. The number of carboxylic acid groups (broad SMARTS) is 1. The molecule has 196 valence electrons. The summed E-state index contributed by atoms with van der Waals surface area (Å²) in [5, 5.41) is 18.7. The molecule has 0 saturated heterocycles. The van der Waals surface area contributed by atoms with Crippen LogP contribution in [-0.4, -0.2) is 36.3 Å². The summed E-state index contributed by atoms with van der Waals surface area (Å²) in [5.41, 5.74) is 4.16. The SMILES string of the molecule is Cc1ccc2c(c1)c(C(=O)O)c1n2C[C@@](NC(=O)c2ccc(-n3cnc(C)n3)cc2Cl)(c2ccccc2)CC1. The number of carboxylic acids is 1. The number of carbonyl (C=O) groups is 2. The van der Waals surface area contributed by atoms with Crippen molar-refractivity contribution in [2.75, 3.05) is 0 Å². The Labute approximate surface area is 229 Å². The molecule has 0 saturated carbocycles. The van der Waals surface area contributed by atoms with Gasteiger partial charge in [0, 0.05) is 16.6 Å². The molecule has 0 unspecified atom stereocenters. The average molecular weight is 540 g/mol. The molecular weight excluding hydrogens is 514 g/mol. The average Bonchev–Trinajstić information content (AvgIpc) is 3.49. The van der Waals surface area contributed by atoms with Crippen LogP contribution >= 0.6 is 11.6 Å². The van der Waals surface area contributed by atoms with E-state index >= 15 is 0 Å². The third-order valence-corrected chi connectivity index (χ3v) is 7.82. The molecule has 0 bridgehead atoms. The normalized spacial score (nSPS) is 16.7. The highest BCUT2D eigenvalue weighted by molar-refractivity contribution is 6.34. The number of hydrogen-bond acceptors (Lipinski definition) is 4. The minimum absolute atomic E-state index is 0.299. The van der Waals surface area contributed by atoms with Crippen LogP contribution in [0.5, 0.6) is 0 Å². The van der Waals surface area contributed by atoms with E-state index in [0.717, 1.165) is 27.7 Å². The Morgan fingerprint density at radius 2 is 1.85 bits per heavy atom. The summed E-state index contributed by atoms with van der Waals surface area (Å²) in [6.45, 7) is 4.14. The summed E-state index contributed by atoms with van der Waals surface area (Å²) in [6.07, 6.45) is 2.62. The van der Waals surface area contributed by atoms with Gasteiger partial charge in [-0.2, -0.15) is 5.10 Å². The van der Waals surface area contributed by atoms with E-state index in [1.54, 1.807) is 36.1 Å². The largest absolute Gasteiger partial charge is 0.478 e. The van der Waals surface area contributed by atoms with Gasteiger partial charge in [0.2, 0.25) is 0 Å². The van der Waals surface area contributed by atoms with Crippen molar-refractivity contribution in [2.45, 2.75) is 38.8 Å². The van der Waals surface area contributed by atoms with Crippen LogP contribution < -0.4 is 5.32 Å². The van der Waals surface area contributed by atoms with Gasteiger partial charge in [-0.25, -0.2) is 14.5 Å². The van der Waals surface area contributed by atoms with Gasteiger partial charge in [0.25, 0.3) is 5.91 Å². The van der Waals surface area contributed by atoms with E-state index < -0.39 is 11.5 Å². The molecule has 3 aromatic carbocycles. The lowest BCUT2D eigenvalue weighted by Gasteiger charge is -2.40. The standard InChI is InChI=1S/C30H26ClN5O3/c1-18-8-11-25-23(14-18)27(29(38)39)26-12-13-30(16-35(25)26,20-6-4-3-5-7-20)33-28(37)22-10-9-21(15-24(22)31)36-17-32-19(2)34-36/h3-11,14-15,17H,12-13,16H2,1-2H3,(H,33,37)(H,38,39)/t30-/m1/s1. The Bertz CT molecular complexity index is 1760. The maximum absolute atomic E-state index is 13.8. The lowest BCUT2D eigenvalue weighted by atomic mass is 9.81. The van der Waals surface area contributed by atoms with Gasteiger partial charge in [-0.15, -0.1) is 0 Å². The molecule has 0 aliphatic carbocycles. The number of nitrogens with one attached hydrogen (secondary N) is 1. The first-order valence-electron chi connectivity index (χ1n) is 12.7. The molecule has 0 spiro atoms. The maximum atomic E-state index is 13.8. The Kier molecular flexibility index (Phi) is 5.99. The van der Waals surface area contributed by atoms with Crippen LogP contribution in [0.3, 0.4) is 0 Å². The van der Waals surface area contributed by atoms with Crippen LogP contribution in [0.2, 0.25) is 5.02 Å².